The van der Waals surface area contributed by atoms with Crippen molar-refractivity contribution < 1.29 is 13.2 Å². The number of sulfonamides is 1. The topological polar surface area (TPSA) is 57.7 Å². The van der Waals surface area contributed by atoms with Crippen LogP contribution in [0.15, 0.2) is 28.7 Å². The summed E-state index contributed by atoms with van der Waals surface area (Å²) >= 11 is 0. The molecule has 1 amide bonds. The summed E-state index contributed by atoms with van der Waals surface area (Å²) in [4.78, 5) is 15.2. The van der Waals surface area contributed by atoms with Crippen LogP contribution in [0.25, 0.3) is 6.08 Å². The highest BCUT2D eigenvalue weighted by atomic mass is 32.2. The highest BCUT2D eigenvalue weighted by molar-refractivity contribution is 7.89. The lowest BCUT2D eigenvalue weighted by molar-refractivity contribution is -0.127. The van der Waals surface area contributed by atoms with E-state index in [0.717, 1.165) is 55.5 Å². The van der Waals surface area contributed by atoms with E-state index in [1.807, 2.05) is 17.0 Å². The molecule has 2 saturated heterocycles. The van der Waals surface area contributed by atoms with Gasteiger partial charge in [-0.2, -0.15) is 4.31 Å². The number of carbonyl (C=O) groups excluding carboxylic acids is 1. The van der Waals surface area contributed by atoms with Gasteiger partial charge in [0.1, 0.15) is 0 Å². The molecule has 2 heterocycles. The van der Waals surface area contributed by atoms with E-state index in [4.69, 9.17) is 0 Å². The second kappa shape index (κ2) is 7.99. The Bertz CT molecular complexity index is 875. The molecule has 1 aliphatic carbocycles. The third-order valence-corrected chi connectivity index (χ3v) is 8.27. The van der Waals surface area contributed by atoms with Crippen LogP contribution >= 0.6 is 0 Å². The molecule has 0 atom stereocenters. The van der Waals surface area contributed by atoms with Crippen LogP contribution in [0.1, 0.15) is 56.6 Å². The van der Waals surface area contributed by atoms with E-state index >= 15 is 0 Å². The third-order valence-electron chi connectivity index (χ3n) is 6.38. The summed E-state index contributed by atoms with van der Waals surface area (Å²) < 4.78 is 27.7. The maximum Gasteiger partial charge on any atom is 0.250 e. The Morgan fingerprint density at radius 1 is 1.00 bits per heavy atom. The van der Waals surface area contributed by atoms with Crippen LogP contribution in [0.4, 0.5) is 0 Å². The fraction of sp³-hybridized carbons (Fsp3) is 0.591. The molecular weight excluding hydrogens is 372 g/mol. The van der Waals surface area contributed by atoms with Gasteiger partial charge in [0, 0.05) is 38.2 Å². The Morgan fingerprint density at radius 3 is 2.36 bits per heavy atom. The van der Waals surface area contributed by atoms with Gasteiger partial charge in [0.05, 0.1) is 4.90 Å². The van der Waals surface area contributed by atoms with Gasteiger partial charge in [0.2, 0.25) is 15.9 Å². The minimum Gasteiger partial charge on any atom is -0.339 e. The largest absolute Gasteiger partial charge is 0.339 e. The molecule has 2 aliphatic heterocycles. The van der Waals surface area contributed by atoms with Gasteiger partial charge < -0.3 is 4.90 Å². The quantitative estimate of drug-likeness (QED) is 0.778. The monoisotopic (exact) mass is 402 g/mol. The lowest BCUT2D eigenvalue weighted by Crippen LogP contribution is -2.37. The third kappa shape index (κ3) is 3.90. The lowest BCUT2D eigenvalue weighted by Gasteiger charge is -2.29. The summed E-state index contributed by atoms with van der Waals surface area (Å²) in [6.07, 6.45) is 8.87. The number of nitrogens with zero attached hydrogens (tertiary/aromatic N) is 2. The normalized spacial score (nSPS) is 21.9. The van der Waals surface area contributed by atoms with Gasteiger partial charge in [0.25, 0.3) is 0 Å². The Morgan fingerprint density at radius 2 is 1.68 bits per heavy atom. The van der Waals surface area contributed by atoms with Crippen molar-refractivity contribution in [1.82, 2.24) is 9.21 Å². The zero-order valence-electron chi connectivity index (χ0n) is 16.7. The maximum absolute atomic E-state index is 13.0. The van der Waals surface area contributed by atoms with Crippen molar-refractivity contribution in [2.24, 2.45) is 5.92 Å². The number of hydrogen-bond donors (Lipinski definition) is 0. The van der Waals surface area contributed by atoms with E-state index in [-0.39, 0.29) is 5.91 Å². The number of benzene rings is 1. The van der Waals surface area contributed by atoms with Crippen molar-refractivity contribution in [2.45, 2.75) is 56.8 Å². The first-order valence-corrected chi connectivity index (χ1v) is 12.0. The van der Waals surface area contributed by atoms with Gasteiger partial charge in [-0.25, -0.2) is 8.42 Å². The molecule has 0 spiro atoms. The van der Waals surface area contributed by atoms with Gasteiger partial charge in [-0.05, 0) is 60.9 Å². The number of amides is 1. The van der Waals surface area contributed by atoms with Gasteiger partial charge in [-0.15, -0.1) is 0 Å². The minimum atomic E-state index is -3.46. The van der Waals surface area contributed by atoms with E-state index < -0.39 is 10.0 Å². The molecule has 0 aromatic heterocycles. The highest BCUT2D eigenvalue weighted by Crippen LogP contribution is 2.31. The fourth-order valence-corrected chi connectivity index (χ4v) is 5.97. The average Bonchev–Trinajstić information content (AvgIpc) is 2.93. The summed E-state index contributed by atoms with van der Waals surface area (Å²) in [7, 11) is -3.46. The predicted octanol–water partition coefficient (Wildman–Crippen LogP) is 3.45. The Balaban J connectivity index is 1.53. The predicted molar refractivity (Wildman–Crippen MR) is 110 cm³/mol. The van der Waals surface area contributed by atoms with E-state index in [2.05, 4.69) is 6.92 Å². The van der Waals surface area contributed by atoms with Crippen LogP contribution in [-0.4, -0.2) is 49.7 Å². The first-order chi connectivity index (χ1) is 13.4. The molecule has 5 nitrogen and oxygen atoms in total. The van der Waals surface area contributed by atoms with Crippen molar-refractivity contribution in [3.63, 3.8) is 0 Å². The van der Waals surface area contributed by atoms with Crippen LogP contribution in [0.5, 0.6) is 0 Å². The summed E-state index contributed by atoms with van der Waals surface area (Å²) in [5.74, 6) is 0.703. The Kier molecular flexibility index (Phi) is 5.61. The van der Waals surface area contributed by atoms with E-state index in [9.17, 15) is 13.2 Å². The van der Waals surface area contributed by atoms with Crippen LogP contribution in [0.3, 0.4) is 0 Å². The molecule has 2 fully saturated rings. The van der Waals surface area contributed by atoms with Crippen LogP contribution in [-0.2, 0) is 21.2 Å². The molecular formula is C22H30N2O3S. The maximum atomic E-state index is 13.0. The standard InChI is InChI=1S/C22H30N2O3S/c1-17-8-12-24(13-9-17)28(26,27)21-7-6-18-14-20(15-19(18)16-21)22(25)23-10-4-2-3-5-11-23/h6-7,15-17H,2-5,8-14H2,1H3. The minimum absolute atomic E-state index is 0.118. The zero-order valence-corrected chi connectivity index (χ0v) is 17.5. The number of hydrogen-bond acceptors (Lipinski definition) is 3. The molecule has 6 heteroatoms. The molecule has 152 valence electrons. The first-order valence-electron chi connectivity index (χ1n) is 10.6. The number of piperidine rings is 1. The molecule has 0 saturated carbocycles. The van der Waals surface area contributed by atoms with Gasteiger partial charge >= 0.3 is 0 Å². The summed E-state index contributed by atoms with van der Waals surface area (Å²) in [6, 6.07) is 5.35. The number of carbonyl (C=O) groups is 1. The van der Waals surface area contributed by atoms with Gasteiger partial charge in [0.15, 0.2) is 0 Å². The second-order valence-corrected chi connectivity index (χ2v) is 10.4. The summed E-state index contributed by atoms with van der Waals surface area (Å²) in [5, 5.41) is 0. The molecule has 0 bridgehead atoms. The summed E-state index contributed by atoms with van der Waals surface area (Å²) in [5.41, 5.74) is 2.72. The molecule has 1 aromatic carbocycles. The fourth-order valence-electron chi connectivity index (χ4n) is 4.46. The number of likely N-dealkylation sites (tertiary alicyclic amines) is 1. The molecule has 1 aromatic rings. The number of rotatable bonds is 3. The van der Waals surface area contributed by atoms with Crippen molar-refractivity contribution in [1.29, 1.82) is 0 Å². The van der Waals surface area contributed by atoms with Crippen LogP contribution in [0, 0.1) is 5.92 Å². The first kappa shape index (κ1) is 19.6. The van der Waals surface area contributed by atoms with Crippen LogP contribution < -0.4 is 0 Å². The van der Waals surface area contributed by atoms with E-state index in [0.29, 0.717) is 30.3 Å². The summed E-state index contributed by atoms with van der Waals surface area (Å²) in [6.45, 7) is 5.02. The smallest absolute Gasteiger partial charge is 0.250 e. The Hall–Kier alpha value is -1.66. The average molecular weight is 403 g/mol. The SMILES string of the molecule is CC1CCN(S(=O)(=O)c2ccc3c(c2)C=C(C(=O)N2CCCCCC2)C3)CC1. The zero-order chi connectivity index (χ0) is 19.7. The second-order valence-electron chi connectivity index (χ2n) is 8.50. The molecule has 0 radical (unpaired) electrons. The van der Waals surface area contributed by atoms with E-state index in [1.165, 1.54) is 12.8 Å². The van der Waals surface area contributed by atoms with E-state index in [1.54, 1.807) is 16.4 Å². The van der Waals surface area contributed by atoms with Gasteiger partial charge in [-0.1, -0.05) is 25.8 Å². The molecule has 3 aliphatic rings. The van der Waals surface area contributed by atoms with Gasteiger partial charge in [-0.3, -0.25) is 4.79 Å². The van der Waals surface area contributed by atoms with Crippen molar-refractivity contribution in [2.75, 3.05) is 26.2 Å². The Labute approximate surface area is 168 Å². The van der Waals surface area contributed by atoms with Crippen molar-refractivity contribution in [3.05, 3.63) is 34.9 Å². The highest BCUT2D eigenvalue weighted by Gasteiger charge is 2.30. The van der Waals surface area contributed by atoms with Crippen LogP contribution in [0.2, 0.25) is 0 Å². The molecule has 0 unspecified atom stereocenters. The van der Waals surface area contributed by atoms with Crippen molar-refractivity contribution in [3.8, 4) is 0 Å². The molecule has 4 rings (SSSR count). The van der Waals surface area contributed by atoms with Crippen molar-refractivity contribution >= 4 is 22.0 Å². The molecule has 28 heavy (non-hydrogen) atoms. The molecule has 0 N–H and O–H groups in total. The lowest BCUT2D eigenvalue weighted by atomic mass is 10.0. The number of fused-ring (bicyclic) bond motifs is 1.